The maximum absolute atomic E-state index is 9.28. The maximum atomic E-state index is 9.28. The minimum absolute atomic E-state index is 0.401. The second-order valence-electron chi connectivity index (χ2n) is 4.42. The van der Waals surface area contributed by atoms with E-state index in [1.54, 1.807) is 0 Å². The lowest BCUT2D eigenvalue weighted by molar-refractivity contribution is 0.168. The smallest absolute Gasteiger partial charge is 0.109 e. The maximum Gasteiger partial charge on any atom is 0.109 e. The lowest BCUT2D eigenvalue weighted by atomic mass is 9.89. The van der Waals surface area contributed by atoms with Crippen molar-refractivity contribution in [3.63, 3.8) is 0 Å². The van der Waals surface area contributed by atoms with Crippen molar-refractivity contribution >= 4 is 0 Å². The standard InChI is InChI=1S/C11H20N6/c1-2-7-17-8-3-11(10-12,4-9-17)14-5-6-15-16-13/h14H,2-9H2,1H3. The van der Waals surface area contributed by atoms with Crippen LogP contribution in [0.5, 0.6) is 0 Å². The van der Waals surface area contributed by atoms with Crippen LogP contribution in [0, 0.1) is 11.3 Å². The summed E-state index contributed by atoms with van der Waals surface area (Å²) >= 11 is 0. The molecule has 1 aliphatic rings. The molecule has 1 aliphatic heterocycles. The molecule has 6 heteroatoms. The Labute approximate surface area is 102 Å². The number of hydrogen-bond donors (Lipinski definition) is 1. The molecule has 1 heterocycles. The van der Waals surface area contributed by atoms with Gasteiger partial charge in [-0.25, -0.2) is 0 Å². The average molecular weight is 236 g/mol. The normalized spacial score (nSPS) is 19.3. The summed E-state index contributed by atoms with van der Waals surface area (Å²) in [6.07, 6.45) is 2.85. The molecule has 17 heavy (non-hydrogen) atoms. The van der Waals surface area contributed by atoms with Gasteiger partial charge in [-0.2, -0.15) is 5.26 Å². The van der Waals surface area contributed by atoms with E-state index < -0.39 is 5.54 Å². The van der Waals surface area contributed by atoms with Crippen LogP contribution >= 0.6 is 0 Å². The van der Waals surface area contributed by atoms with Gasteiger partial charge in [0.15, 0.2) is 0 Å². The van der Waals surface area contributed by atoms with Crippen molar-refractivity contribution in [2.24, 2.45) is 5.11 Å². The van der Waals surface area contributed by atoms with Gasteiger partial charge >= 0.3 is 0 Å². The second kappa shape index (κ2) is 7.13. The van der Waals surface area contributed by atoms with Gasteiger partial charge in [0, 0.05) is 31.1 Å². The van der Waals surface area contributed by atoms with Crippen LogP contribution in [-0.2, 0) is 0 Å². The molecular weight excluding hydrogens is 216 g/mol. The highest BCUT2D eigenvalue weighted by molar-refractivity contribution is 5.09. The molecule has 0 aromatic heterocycles. The molecule has 1 N–H and O–H groups in total. The third-order valence-corrected chi connectivity index (χ3v) is 3.20. The highest BCUT2D eigenvalue weighted by Gasteiger charge is 2.33. The molecule has 0 amide bonds. The SMILES string of the molecule is CCCN1CCC(C#N)(NCCN=[N+]=[N-])CC1. The number of nitriles is 1. The minimum atomic E-state index is -0.421. The van der Waals surface area contributed by atoms with Crippen LogP contribution in [0.1, 0.15) is 26.2 Å². The van der Waals surface area contributed by atoms with Crippen LogP contribution in [0.25, 0.3) is 10.4 Å². The van der Waals surface area contributed by atoms with Gasteiger partial charge in [0.25, 0.3) is 0 Å². The Bertz CT molecular complexity index is 306. The summed E-state index contributed by atoms with van der Waals surface area (Å²) in [4.78, 5) is 5.09. The predicted molar refractivity (Wildman–Crippen MR) is 66.3 cm³/mol. The van der Waals surface area contributed by atoms with Crippen LogP contribution < -0.4 is 5.32 Å². The lowest BCUT2D eigenvalue weighted by Crippen LogP contribution is -2.53. The highest BCUT2D eigenvalue weighted by atomic mass is 15.2. The molecule has 1 saturated heterocycles. The van der Waals surface area contributed by atoms with E-state index in [4.69, 9.17) is 5.53 Å². The largest absolute Gasteiger partial charge is 0.303 e. The monoisotopic (exact) mass is 236 g/mol. The number of nitrogens with zero attached hydrogens (tertiary/aromatic N) is 5. The van der Waals surface area contributed by atoms with Gasteiger partial charge in [-0.3, -0.25) is 5.32 Å². The van der Waals surface area contributed by atoms with Crippen molar-refractivity contribution in [3.8, 4) is 6.07 Å². The van der Waals surface area contributed by atoms with Crippen LogP contribution in [0.3, 0.4) is 0 Å². The molecule has 0 bridgehead atoms. The number of likely N-dealkylation sites (tertiary alicyclic amines) is 1. The molecule has 0 unspecified atom stereocenters. The molecular formula is C11H20N6. The molecule has 0 radical (unpaired) electrons. The van der Waals surface area contributed by atoms with E-state index in [-0.39, 0.29) is 0 Å². The molecule has 6 nitrogen and oxygen atoms in total. The molecule has 0 aromatic carbocycles. The van der Waals surface area contributed by atoms with Crippen molar-refractivity contribution in [1.82, 2.24) is 10.2 Å². The molecule has 1 fully saturated rings. The number of nitrogens with one attached hydrogen (secondary N) is 1. The molecule has 94 valence electrons. The summed E-state index contributed by atoms with van der Waals surface area (Å²) in [7, 11) is 0. The Morgan fingerprint density at radius 2 is 2.24 bits per heavy atom. The first-order chi connectivity index (χ1) is 8.26. The fourth-order valence-corrected chi connectivity index (χ4v) is 2.19. The first kappa shape index (κ1) is 13.8. The van der Waals surface area contributed by atoms with Gasteiger partial charge in [-0.05, 0) is 31.3 Å². The number of rotatable bonds is 6. The van der Waals surface area contributed by atoms with E-state index in [9.17, 15) is 5.26 Å². The number of piperidine rings is 1. The Hall–Kier alpha value is -1.28. The van der Waals surface area contributed by atoms with Gasteiger partial charge in [-0.1, -0.05) is 12.0 Å². The zero-order valence-corrected chi connectivity index (χ0v) is 10.4. The number of hydrogen-bond acceptors (Lipinski definition) is 4. The van der Waals surface area contributed by atoms with Crippen LogP contribution in [0.4, 0.5) is 0 Å². The zero-order chi connectivity index (χ0) is 12.6. The van der Waals surface area contributed by atoms with Crippen molar-refractivity contribution in [2.45, 2.75) is 31.7 Å². The molecule has 0 atom stereocenters. The van der Waals surface area contributed by atoms with E-state index >= 15 is 0 Å². The fourth-order valence-electron chi connectivity index (χ4n) is 2.19. The minimum Gasteiger partial charge on any atom is -0.303 e. The molecule has 0 spiro atoms. The van der Waals surface area contributed by atoms with Crippen molar-refractivity contribution < 1.29 is 0 Å². The van der Waals surface area contributed by atoms with Crippen LogP contribution in [0.15, 0.2) is 5.11 Å². The van der Waals surface area contributed by atoms with Crippen LogP contribution in [0.2, 0.25) is 0 Å². The van der Waals surface area contributed by atoms with Crippen LogP contribution in [-0.4, -0.2) is 43.2 Å². The van der Waals surface area contributed by atoms with E-state index in [0.717, 1.165) is 38.9 Å². The first-order valence-electron chi connectivity index (χ1n) is 6.16. The topological polar surface area (TPSA) is 87.8 Å². The van der Waals surface area contributed by atoms with E-state index in [2.05, 4.69) is 33.2 Å². The lowest BCUT2D eigenvalue weighted by Gasteiger charge is -2.37. The predicted octanol–water partition coefficient (Wildman–Crippen LogP) is 1.65. The van der Waals surface area contributed by atoms with E-state index in [1.165, 1.54) is 0 Å². The fraction of sp³-hybridized carbons (Fsp3) is 0.909. The van der Waals surface area contributed by atoms with Crippen molar-refractivity contribution in [3.05, 3.63) is 10.4 Å². The summed E-state index contributed by atoms with van der Waals surface area (Å²) < 4.78 is 0. The summed E-state index contributed by atoms with van der Waals surface area (Å²) in [6.45, 7) is 6.19. The van der Waals surface area contributed by atoms with E-state index in [0.29, 0.717) is 13.1 Å². The Balaban J connectivity index is 2.38. The Morgan fingerprint density at radius 3 is 2.76 bits per heavy atom. The Morgan fingerprint density at radius 1 is 1.53 bits per heavy atom. The number of azide groups is 1. The summed E-state index contributed by atoms with van der Waals surface area (Å²) in [5.41, 5.74) is 7.76. The zero-order valence-electron chi connectivity index (χ0n) is 10.4. The Kier molecular flexibility index (Phi) is 5.78. The van der Waals surface area contributed by atoms with E-state index in [1.807, 2.05) is 0 Å². The van der Waals surface area contributed by atoms with Gasteiger partial charge in [0.1, 0.15) is 5.54 Å². The molecule has 0 aromatic rings. The van der Waals surface area contributed by atoms with Crippen molar-refractivity contribution in [1.29, 1.82) is 5.26 Å². The molecule has 0 aliphatic carbocycles. The molecule has 1 rings (SSSR count). The van der Waals surface area contributed by atoms with Gasteiger partial charge in [0.05, 0.1) is 6.07 Å². The summed E-state index contributed by atoms with van der Waals surface area (Å²) in [5.74, 6) is 0. The van der Waals surface area contributed by atoms with Gasteiger partial charge in [0.2, 0.25) is 0 Å². The quantitative estimate of drug-likeness (QED) is 0.329. The molecule has 0 saturated carbocycles. The van der Waals surface area contributed by atoms with Gasteiger partial charge in [-0.15, -0.1) is 0 Å². The summed E-state index contributed by atoms with van der Waals surface area (Å²) in [5, 5.41) is 16.0. The second-order valence-corrected chi connectivity index (χ2v) is 4.42. The van der Waals surface area contributed by atoms with Gasteiger partial charge < -0.3 is 4.90 Å². The average Bonchev–Trinajstić information content (AvgIpc) is 2.37. The third-order valence-electron chi connectivity index (χ3n) is 3.20. The van der Waals surface area contributed by atoms with Crippen molar-refractivity contribution in [2.75, 3.05) is 32.7 Å². The first-order valence-corrected chi connectivity index (χ1v) is 6.16. The third kappa shape index (κ3) is 4.23. The highest BCUT2D eigenvalue weighted by Crippen LogP contribution is 2.21. The summed E-state index contributed by atoms with van der Waals surface area (Å²) in [6, 6.07) is 2.38.